The van der Waals surface area contributed by atoms with E-state index in [0.717, 1.165) is 22.1 Å². The fourth-order valence-corrected chi connectivity index (χ4v) is 7.00. The molecular weight excluding hydrogens is 608 g/mol. The normalized spacial score (nSPS) is 18.5. The van der Waals surface area contributed by atoms with Gasteiger partial charge in [-0.25, -0.2) is 18.4 Å². The number of alkyl halides is 2. The van der Waals surface area contributed by atoms with E-state index in [0.29, 0.717) is 42.9 Å². The highest BCUT2D eigenvalue weighted by atomic mass is 19.3. The lowest BCUT2D eigenvalue weighted by atomic mass is 9.58. The van der Waals surface area contributed by atoms with Crippen LogP contribution < -0.4 is 10.1 Å². The second-order valence-electron chi connectivity index (χ2n) is 13.4. The summed E-state index contributed by atoms with van der Waals surface area (Å²) in [5.41, 5.74) is 2.58. The van der Waals surface area contributed by atoms with Gasteiger partial charge in [-0.3, -0.25) is 14.3 Å². The molecule has 1 unspecified atom stereocenters. The third kappa shape index (κ3) is 7.61. The van der Waals surface area contributed by atoms with Gasteiger partial charge in [0.05, 0.1) is 25.3 Å². The number of esters is 1. The van der Waals surface area contributed by atoms with Gasteiger partial charge in [0.15, 0.2) is 0 Å². The van der Waals surface area contributed by atoms with Crippen molar-refractivity contribution in [2.24, 2.45) is 5.41 Å². The van der Waals surface area contributed by atoms with Gasteiger partial charge in [0.1, 0.15) is 11.4 Å². The summed E-state index contributed by atoms with van der Waals surface area (Å²) in [4.78, 5) is 39.9. The first kappa shape index (κ1) is 35.9. The van der Waals surface area contributed by atoms with E-state index >= 15 is 0 Å². The standard InChI is InChI=1S/C34H41F2N3O6.C2H6/c1-20-14-28(43-6)25(23-10-12-39(29(20)23)31(42)45-32(3,4)5)17-38-13-11-33(18-34(35,36)19-33)16-27(38)24-9-8-22(30(41)44-7)15-26(24)37-21(2)40;1-2/h8-10,12,14-15,27H,11,13,16-19H2,1-7H3,(H,37,40);1-2H3. The van der Waals surface area contributed by atoms with Crippen LogP contribution in [0.15, 0.2) is 36.5 Å². The monoisotopic (exact) mass is 655 g/mol. The van der Waals surface area contributed by atoms with Gasteiger partial charge in [-0.1, -0.05) is 19.9 Å². The van der Waals surface area contributed by atoms with Crippen LogP contribution in [0.4, 0.5) is 19.3 Å². The van der Waals surface area contributed by atoms with Crippen LogP contribution in [0.3, 0.4) is 0 Å². The van der Waals surface area contributed by atoms with Gasteiger partial charge in [0.25, 0.3) is 0 Å². The Morgan fingerprint density at radius 3 is 2.32 bits per heavy atom. The second-order valence-corrected chi connectivity index (χ2v) is 13.4. The van der Waals surface area contributed by atoms with Crippen LogP contribution in [0.5, 0.6) is 5.75 Å². The summed E-state index contributed by atoms with van der Waals surface area (Å²) in [6.45, 7) is 13.6. The maximum absolute atomic E-state index is 14.3. The van der Waals surface area contributed by atoms with Crippen LogP contribution in [0.25, 0.3) is 10.9 Å². The molecule has 2 aromatic carbocycles. The molecule has 1 amide bonds. The average Bonchev–Trinajstić information content (AvgIpc) is 3.44. The molecular formula is C36H47F2N3O6. The topological polar surface area (TPSA) is 99.1 Å². The summed E-state index contributed by atoms with van der Waals surface area (Å²) < 4.78 is 46.4. The first-order chi connectivity index (χ1) is 22.0. The van der Waals surface area contributed by atoms with E-state index < -0.39 is 29.0 Å². The predicted octanol–water partition coefficient (Wildman–Crippen LogP) is 8.27. The molecule has 3 aromatic rings. The first-order valence-corrected chi connectivity index (χ1v) is 16.1. The number of hydrogen-bond acceptors (Lipinski definition) is 7. The Bertz CT molecular complexity index is 1650. The number of amides is 1. The van der Waals surface area contributed by atoms with Crippen molar-refractivity contribution in [2.45, 2.75) is 98.3 Å². The number of aromatic nitrogens is 1. The van der Waals surface area contributed by atoms with Gasteiger partial charge in [0.2, 0.25) is 11.8 Å². The maximum atomic E-state index is 14.3. The lowest BCUT2D eigenvalue weighted by Gasteiger charge is -2.55. The van der Waals surface area contributed by atoms with Crippen molar-refractivity contribution in [1.82, 2.24) is 9.47 Å². The molecule has 2 aliphatic rings. The number of likely N-dealkylation sites (tertiary alicyclic amines) is 1. The van der Waals surface area contributed by atoms with Crippen LogP contribution in [0.1, 0.15) is 100 Å². The number of anilines is 1. The number of carbonyl (C=O) groups excluding carboxylic acids is 3. The maximum Gasteiger partial charge on any atom is 0.419 e. The molecule has 1 aliphatic carbocycles. The van der Waals surface area contributed by atoms with Crippen molar-refractivity contribution in [3.63, 3.8) is 0 Å². The van der Waals surface area contributed by atoms with Gasteiger partial charge in [-0.05, 0) is 87.9 Å². The van der Waals surface area contributed by atoms with Gasteiger partial charge in [-0.2, -0.15) is 0 Å². The van der Waals surface area contributed by atoms with Crippen LogP contribution in [0.2, 0.25) is 0 Å². The highest BCUT2D eigenvalue weighted by molar-refractivity contribution is 5.96. The van der Waals surface area contributed by atoms with Crippen molar-refractivity contribution in [1.29, 1.82) is 0 Å². The molecule has 9 nitrogen and oxygen atoms in total. The summed E-state index contributed by atoms with van der Waals surface area (Å²) in [6, 6.07) is 8.36. The molecule has 1 N–H and O–H groups in total. The fraction of sp³-hybridized carbons (Fsp3) is 0.528. The number of nitrogens with one attached hydrogen (secondary N) is 1. The third-order valence-electron chi connectivity index (χ3n) is 8.81. The van der Waals surface area contributed by atoms with Crippen molar-refractivity contribution in [3.8, 4) is 5.75 Å². The number of ether oxygens (including phenoxy) is 3. The molecule has 47 heavy (non-hydrogen) atoms. The van der Waals surface area contributed by atoms with E-state index in [1.54, 1.807) is 31.5 Å². The second kappa shape index (κ2) is 13.6. The molecule has 2 heterocycles. The quantitative estimate of drug-likeness (QED) is 0.267. The van der Waals surface area contributed by atoms with Crippen molar-refractivity contribution in [2.75, 3.05) is 26.1 Å². The Labute approximate surface area is 275 Å². The molecule has 1 saturated heterocycles. The van der Waals surface area contributed by atoms with E-state index in [2.05, 4.69) is 10.2 Å². The number of rotatable bonds is 6. The van der Waals surface area contributed by atoms with E-state index in [1.165, 1.54) is 18.6 Å². The zero-order valence-electron chi connectivity index (χ0n) is 28.9. The molecule has 1 aromatic heterocycles. The summed E-state index contributed by atoms with van der Waals surface area (Å²) in [7, 11) is 2.87. The molecule has 11 heteroatoms. The van der Waals surface area contributed by atoms with Gasteiger partial charge in [-0.15, -0.1) is 0 Å². The van der Waals surface area contributed by atoms with Gasteiger partial charge in [0, 0.05) is 55.2 Å². The Balaban J connectivity index is 0.00000245. The Hall–Kier alpha value is -3.99. The minimum atomic E-state index is -2.70. The number of aryl methyl sites for hydroxylation is 1. The number of carbonyl (C=O) groups is 3. The summed E-state index contributed by atoms with van der Waals surface area (Å²) >= 11 is 0. The van der Waals surface area contributed by atoms with Gasteiger partial charge >= 0.3 is 12.1 Å². The molecule has 2 fully saturated rings. The van der Waals surface area contributed by atoms with Crippen molar-refractivity contribution < 1.29 is 37.4 Å². The zero-order chi connectivity index (χ0) is 34.9. The smallest absolute Gasteiger partial charge is 0.419 e. The molecule has 1 spiro atoms. The molecule has 1 saturated carbocycles. The molecule has 0 bridgehead atoms. The molecule has 1 atom stereocenters. The number of halogens is 2. The van der Waals surface area contributed by atoms with E-state index in [-0.39, 0.29) is 30.4 Å². The third-order valence-corrected chi connectivity index (χ3v) is 8.81. The van der Waals surface area contributed by atoms with Crippen LogP contribution in [-0.2, 0) is 20.8 Å². The van der Waals surface area contributed by atoms with Crippen LogP contribution in [-0.4, -0.2) is 59.7 Å². The predicted molar refractivity (Wildman–Crippen MR) is 177 cm³/mol. The number of nitrogens with zero attached hydrogens (tertiary/aromatic N) is 2. The lowest BCUT2D eigenvalue weighted by molar-refractivity contribution is -0.186. The molecule has 0 radical (unpaired) electrons. The Kier molecular flexibility index (Phi) is 10.4. The Morgan fingerprint density at radius 2 is 1.74 bits per heavy atom. The fourth-order valence-electron chi connectivity index (χ4n) is 7.00. The summed E-state index contributed by atoms with van der Waals surface area (Å²) in [6.07, 6.45) is 1.86. The zero-order valence-corrected chi connectivity index (χ0v) is 28.9. The Morgan fingerprint density at radius 1 is 1.06 bits per heavy atom. The molecule has 5 rings (SSSR count). The summed E-state index contributed by atoms with van der Waals surface area (Å²) in [5.74, 6) is -2.93. The van der Waals surface area contributed by atoms with Crippen LogP contribution in [0, 0.1) is 12.3 Å². The number of fused-ring (bicyclic) bond motifs is 1. The van der Waals surface area contributed by atoms with E-state index in [1.807, 2.05) is 53.7 Å². The number of hydrogen-bond donors (Lipinski definition) is 1. The first-order valence-electron chi connectivity index (χ1n) is 16.1. The van der Waals surface area contributed by atoms with Crippen molar-refractivity contribution in [3.05, 3.63) is 58.8 Å². The average molecular weight is 656 g/mol. The SMILES string of the molecule is CC.COC(=O)c1ccc(C2CC3(CCN2Cc2c(OC)cc(C)c4c2ccn4C(=O)OC(C)(C)C)CC(F)(F)C3)c(NC(C)=O)c1. The summed E-state index contributed by atoms with van der Waals surface area (Å²) in [5, 5.41) is 3.66. The van der Waals surface area contributed by atoms with Crippen LogP contribution >= 0.6 is 0 Å². The minimum Gasteiger partial charge on any atom is -0.496 e. The van der Waals surface area contributed by atoms with Crippen molar-refractivity contribution >= 4 is 34.6 Å². The number of methoxy groups -OCH3 is 2. The number of benzene rings is 2. The molecule has 256 valence electrons. The van der Waals surface area contributed by atoms with E-state index in [4.69, 9.17) is 14.2 Å². The molecule has 1 aliphatic heterocycles. The minimum absolute atomic E-state index is 0.184. The number of piperidine rings is 1. The highest BCUT2D eigenvalue weighted by Gasteiger charge is 2.58. The van der Waals surface area contributed by atoms with E-state index in [9.17, 15) is 23.2 Å². The lowest BCUT2D eigenvalue weighted by Crippen LogP contribution is -2.53. The van der Waals surface area contributed by atoms with Gasteiger partial charge < -0.3 is 19.5 Å². The highest BCUT2D eigenvalue weighted by Crippen LogP contribution is 2.61. The largest absolute Gasteiger partial charge is 0.496 e.